The van der Waals surface area contributed by atoms with E-state index in [1.807, 2.05) is 0 Å². The normalized spacial score (nSPS) is 18.4. The van der Waals surface area contributed by atoms with Crippen molar-refractivity contribution in [3.8, 4) is 0 Å². The summed E-state index contributed by atoms with van der Waals surface area (Å²) < 4.78 is 0. The fourth-order valence-corrected chi connectivity index (χ4v) is 3.84. The zero-order valence-corrected chi connectivity index (χ0v) is 15.5. The van der Waals surface area contributed by atoms with Crippen molar-refractivity contribution in [2.24, 2.45) is 4.99 Å². The summed E-state index contributed by atoms with van der Waals surface area (Å²) in [5.41, 5.74) is 2.59. The van der Waals surface area contributed by atoms with Gasteiger partial charge in [0, 0.05) is 24.9 Å². The summed E-state index contributed by atoms with van der Waals surface area (Å²) in [5, 5.41) is 7.56. The Labute approximate surface area is 145 Å². The van der Waals surface area contributed by atoms with Crippen molar-refractivity contribution in [3.05, 3.63) is 35.4 Å². The molecular formula is C18H30N4S. The van der Waals surface area contributed by atoms with Crippen molar-refractivity contribution in [1.82, 2.24) is 15.5 Å². The number of nitrogens with one attached hydrogen (secondary N) is 2. The minimum atomic E-state index is 0.718. The maximum Gasteiger partial charge on any atom is 0.191 e. The van der Waals surface area contributed by atoms with Gasteiger partial charge in [0.25, 0.3) is 0 Å². The highest BCUT2D eigenvalue weighted by Crippen LogP contribution is 2.25. The molecule has 1 aromatic carbocycles. The second-order valence-electron chi connectivity index (χ2n) is 6.27. The lowest BCUT2D eigenvalue weighted by Crippen LogP contribution is -2.40. The van der Waals surface area contributed by atoms with E-state index in [2.05, 4.69) is 72.6 Å². The summed E-state index contributed by atoms with van der Waals surface area (Å²) in [6.07, 6.45) is 2.68. The average Bonchev–Trinajstić information content (AvgIpc) is 3.04. The van der Waals surface area contributed by atoms with Crippen molar-refractivity contribution in [2.45, 2.75) is 38.1 Å². The van der Waals surface area contributed by atoms with E-state index < -0.39 is 0 Å². The van der Waals surface area contributed by atoms with Gasteiger partial charge in [-0.05, 0) is 50.7 Å². The molecule has 0 aromatic heterocycles. The summed E-state index contributed by atoms with van der Waals surface area (Å²) in [6, 6.07) is 8.75. The minimum Gasteiger partial charge on any atom is -0.357 e. The van der Waals surface area contributed by atoms with Crippen LogP contribution in [0.15, 0.2) is 29.3 Å². The van der Waals surface area contributed by atoms with Crippen LogP contribution in [0.3, 0.4) is 0 Å². The Morgan fingerprint density at radius 1 is 1.22 bits per heavy atom. The maximum absolute atomic E-state index is 4.71. The van der Waals surface area contributed by atoms with E-state index in [-0.39, 0.29) is 0 Å². The first kappa shape index (κ1) is 18.1. The van der Waals surface area contributed by atoms with Gasteiger partial charge >= 0.3 is 0 Å². The molecule has 5 heteroatoms. The van der Waals surface area contributed by atoms with Crippen LogP contribution in [0.1, 0.15) is 30.9 Å². The quantitative estimate of drug-likeness (QED) is 0.594. The molecule has 1 atom stereocenters. The predicted octanol–water partition coefficient (Wildman–Crippen LogP) is 2.70. The second-order valence-corrected chi connectivity index (χ2v) is 7.67. The summed E-state index contributed by atoms with van der Waals surface area (Å²) in [5.74, 6) is 2.23. The van der Waals surface area contributed by atoms with E-state index >= 15 is 0 Å². The molecule has 2 rings (SSSR count). The molecule has 0 bridgehead atoms. The van der Waals surface area contributed by atoms with Gasteiger partial charge in [0.1, 0.15) is 0 Å². The molecule has 1 aliphatic rings. The van der Waals surface area contributed by atoms with Gasteiger partial charge in [-0.2, -0.15) is 11.8 Å². The van der Waals surface area contributed by atoms with E-state index in [1.165, 1.54) is 29.7 Å². The first-order chi connectivity index (χ1) is 11.2. The first-order valence-electron chi connectivity index (χ1n) is 8.53. The lowest BCUT2D eigenvalue weighted by atomic mass is 10.1. The molecule has 0 amide bonds. The maximum atomic E-state index is 4.71. The van der Waals surface area contributed by atoms with Crippen molar-refractivity contribution in [1.29, 1.82) is 0 Å². The molecule has 0 aliphatic carbocycles. The topological polar surface area (TPSA) is 39.7 Å². The van der Waals surface area contributed by atoms with Crippen molar-refractivity contribution in [3.63, 3.8) is 0 Å². The third-order valence-corrected chi connectivity index (χ3v) is 5.21. The molecule has 0 spiro atoms. The third-order valence-electron chi connectivity index (χ3n) is 3.81. The Balaban J connectivity index is 1.85. The van der Waals surface area contributed by atoms with Gasteiger partial charge in [-0.1, -0.05) is 24.3 Å². The van der Waals surface area contributed by atoms with Gasteiger partial charge in [-0.15, -0.1) is 0 Å². The fraction of sp³-hybridized carbons (Fsp3) is 0.611. The number of aliphatic imine (C=N–C) groups is 1. The molecule has 1 saturated heterocycles. The van der Waals surface area contributed by atoms with Crippen LogP contribution in [0.4, 0.5) is 0 Å². The summed E-state index contributed by atoms with van der Waals surface area (Å²) in [7, 11) is 4.18. The van der Waals surface area contributed by atoms with E-state index in [0.29, 0.717) is 0 Å². The lowest BCUT2D eigenvalue weighted by Gasteiger charge is -2.14. The third kappa shape index (κ3) is 6.83. The Hall–Kier alpha value is -1.20. The minimum absolute atomic E-state index is 0.718. The summed E-state index contributed by atoms with van der Waals surface area (Å²) in [4.78, 5) is 6.89. The van der Waals surface area contributed by atoms with Gasteiger partial charge in [0.2, 0.25) is 0 Å². The highest BCUT2D eigenvalue weighted by Gasteiger charge is 2.15. The monoisotopic (exact) mass is 334 g/mol. The Bertz CT molecular complexity index is 478. The van der Waals surface area contributed by atoms with Crippen LogP contribution < -0.4 is 10.6 Å². The SMILES string of the molecule is CCNC(=NCc1ccc(CN(C)C)cc1)NCC1CCCS1. The van der Waals surface area contributed by atoms with Crippen LogP contribution in [-0.2, 0) is 13.1 Å². The number of hydrogen-bond donors (Lipinski definition) is 2. The average molecular weight is 335 g/mol. The smallest absolute Gasteiger partial charge is 0.191 e. The zero-order valence-electron chi connectivity index (χ0n) is 14.6. The van der Waals surface area contributed by atoms with Gasteiger partial charge < -0.3 is 15.5 Å². The number of rotatable bonds is 7. The molecule has 1 heterocycles. The number of benzene rings is 1. The molecular weight excluding hydrogens is 304 g/mol. The van der Waals surface area contributed by atoms with Crippen LogP contribution in [0, 0.1) is 0 Å². The molecule has 0 radical (unpaired) electrons. The second kappa shape index (κ2) is 9.83. The molecule has 128 valence electrons. The molecule has 4 nitrogen and oxygen atoms in total. The molecule has 0 saturated carbocycles. The Kier molecular flexibility index (Phi) is 7.76. The Morgan fingerprint density at radius 3 is 2.57 bits per heavy atom. The highest BCUT2D eigenvalue weighted by atomic mass is 32.2. The molecule has 1 aromatic rings. The van der Waals surface area contributed by atoms with Crippen LogP contribution in [0.5, 0.6) is 0 Å². The molecule has 1 unspecified atom stereocenters. The summed E-state index contributed by atoms with van der Waals surface area (Å²) >= 11 is 2.07. The summed E-state index contributed by atoms with van der Waals surface area (Å²) in [6.45, 7) is 5.71. The van der Waals surface area contributed by atoms with Crippen molar-refractivity contribution >= 4 is 17.7 Å². The van der Waals surface area contributed by atoms with Gasteiger partial charge in [0.05, 0.1) is 6.54 Å². The Morgan fingerprint density at radius 2 is 1.96 bits per heavy atom. The van der Waals surface area contributed by atoms with E-state index in [9.17, 15) is 0 Å². The van der Waals surface area contributed by atoms with Crippen LogP contribution in [-0.4, -0.2) is 49.0 Å². The van der Waals surface area contributed by atoms with Crippen LogP contribution in [0.25, 0.3) is 0 Å². The van der Waals surface area contributed by atoms with Gasteiger partial charge in [-0.25, -0.2) is 4.99 Å². The zero-order chi connectivity index (χ0) is 16.5. The standard InChI is InChI=1S/C18H30N4S/c1-4-19-18(21-13-17-6-5-11-23-17)20-12-15-7-9-16(10-8-15)14-22(2)3/h7-10,17H,4-6,11-14H2,1-3H3,(H2,19,20,21). The largest absolute Gasteiger partial charge is 0.357 e. The predicted molar refractivity (Wildman–Crippen MR) is 102 cm³/mol. The lowest BCUT2D eigenvalue weighted by molar-refractivity contribution is 0.402. The molecule has 1 fully saturated rings. The highest BCUT2D eigenvalue weighted by molar-refractivity contribution is 8.00. The van der Waals surface area contributed by atoms with E-state index in [0.717, 1.165) is 37.4 Å². The van der Waals surface area contributed by atoms with Gasteiger partial charge in [-0.3, -0.25) is 0 Å². The van der Waals surface area contributed by atoms with E-state index in [1.54, 1.807) is 0 Å². The number of guanidine groups is 1. The first-order valence-corrected chi connectivity index (χ1v) is 9.58. The van der Waals surface area contributed by atoms with Gasteiger partial charge in [0.15, 0.2) is 5.96 Å². The van der Waals surface area contributed by atoms with Crippen LogP contribution >= 0.6 is 11.8 Å². The fourth-order valence-electron chi connectivity index (χ4n) is 2.64. The van der Waals surface area contributed by atoms with E-state index in [4.69, 9.17) is 4.99 Å². The van der Waals surface area contributed by atoms with Crippen LogP contribution in [0.2, 0.25) is 0 Å². The molecule has 1 aliphatic heterocycles. The number of nitrogens with zero attached hydrogens (tertiary/aromatic N) is 2. The number of hydrogen-bond acceptors (Lipinski definition) is 3. The van der Waals surface area contributed by atoms with Crippen molar-refractivity contribution in [2.75, 3.05) is 32.9 Å². The number of thioether (sulfide) groups is 1. The van der Waals surface area contributed by atoms with Crippen molar-refractivity contribution < 1.29 is 0 Å². The molecule has 23 heavy (non-hydrogen) atoms. The molecule has 2 N–H and O–H groups in total.